The molecule has 0 bridgehead atoms. The highest BCUT2D eigenvalue weighted by Gasteiger charge is 2.27. The summed E-state index contributed by atoms with van der Waals surface area (Å²) < 4.78 is 11.1. The van der Waals surface area contributed by atoms with E-state index in [1.165, 1.54) is 0 Å². The molecule has 2 N–H and O–H groups in total. The number of methoxy groups -OCH3 is 1. The molecule has 1 aliphatic heterocycles. The highest BCUT2D eigenvalue weighted by atomic mass is 16.5. The molecule has 7 heteroatoms. The van der Waals surface area contributed by atoms with Crippen molar-refractivity contribution < 1.29 is 14.3 Å². The number of nitrogens with zero attached hydrogens (tertiary/aromatic N) is 2. The van der Waals surface area contributed by atoms with Crippen LogP contribution in [0.4, 0.5) is 0 Å². The summed E-state index contributed by atoms with van der Waals surface area (Å²) in [5.41, 5.74) is 3.83. The van der Waals surface area contributed by atoms with E-state index in [2.05, 4.69) is 26.5 Å². The first-order valence-electron chi connectivity index (χ1n) is 10.1. The van der Waals surface area contributed by atoms with Crippen LogP contribution in [0, 0.1) is 0 Å². The number of fused-ring (bicyclic) bond motifs is 1. The number of para-hydroxylation sites is 1. The Morgan fingerprint density at radius 3 is 2.89 bits per heavy atom. The van der Waals surface area contributed by atoms with Gasteiger partial charge in [-0.2, -0.15) is 5.10 Å². The van der Waals surface area contributed by atoms with Crippen LogP contribution in [0.3, 0.4) is 0 Å². The molecule has 0 saturated carbocycles. The lowest BCUT2D eigenvalue weighted by Crippen LogP contribution is -2.44. The van der Waals surface area contributed by atoms with Crippen LogP contribution < -0.4 is 10.1 Å². The molecule has 0 radical (unpaired) electrons. The minimum Gasteiger partial charge on any atom is -0.496 e. The van der Waals surface area contributed by atoms with Crippen molar-refractivity contribution >= 4 is 5.91 Å². The van der Waals surface area contributed by atoms with Gasteiger partial charge in [0.25, 0.3) is 5.91 Å². The minimum absolute atomic E-state index is 0.0266. The Hall–Kier alpha value is -2.38. The molecular weight excluding hydrogens is 356 g/mol. The third-order valence-electron chi connectivity index (χ3n) is 5.71. The maximum Gasteiger partial charge on any atom is 0.272 e. The van der Waals surface area contributed by atoms with Crippen molar-refractivity contribution in [2.24, 2.45) is 0 Å². The smallest absolute Gasteiger partial charge is 0.272 e. The first kappa shape index (κ1) is 19.0. The number of aryl methyl sites for hydroxylation is 1. The van der Waals surface area contributed by atoms with Crippen molar-refractivity contribution in [2.75, 3.05) is 40.0 Å². The number of carbonyl (C=O) groups is 1. The second-order valence-electron chi connectivity index (χ2n) is 7.35. The number of aromatic nitrogens is 2. The summed E-state index contributed by atoms with van der Waals surface area (Å²) in [7, 11) is 1.68. The molecule has 28 heavy (non-hydrogen) atoms. The summed E-state index contributed by atoms with van der Waals surface area (Å²) in [6, 6.07) is 8.04. The third kappa shape index (κ3) is 3.91. The van der Waals surface area contributed by atoms with Crippen molar-refractivity contribution in [2.45, 2.75) is 31.7 Å². The topological polar surface area (TPSA) is 79.5 Å². The predicted molar refractivity (Wildman–Crippen MR) is 106 cm³/mol. The molecule has 1 aromatic heterocycles. The van der Waals surface area contributed by atoms with Gasteiger partial charge in [0.1, 0.15) is 5.75 Å². The Kier molecular flexibility index (Phi) is 5.92. The molecule has 4 rings (SSSR count). The molecule has 1 aliphatic carbocycles. The highest BCUT2D eigenvalue weighted by Crippen LogP contribution is 2.30. The third-order valence-corrected chi connectivity index (χ3v) is 5.71. The average molecular weight is 384 g/mol. The number of nitrogens with one attached hydrogen (secondary N) is 2. The van der Waals surface area contributed by atoms with Gasteiger partial charge in [0.2, 0.25) is 0 Å². The summed E-state index contributed by atoms with van der Waals surface area (Å²) in [4.78, 5) is 15.2. The predicted octanol–water partition coefficient (Wildman–Crippen LogP) is 2.10. The van der Waals surface area contributed by atoms with E-state index in [-0.39, 0.29) is 11.9 Å². The van der Waals surface area contributed by atoms with Gasteiger partial charge in [-0.25, -0.2) is 0 Å². The molecule has 7 nitrogen and oxygen atoms in total. The van der Waals surface area contributed by atoms with Gasteiger partial charge >= 0.3 is 0 Å². The van der Waals surface area contributed by atoms with Crippen molar-refractivity contribution in [3.8, 4) is 5.75 Å². The van der Waals surface area contributed by atoms with E-state index in [0.717, 1.165) is 61.3 Å². The Balaban J connectivity index is 1.52. The van der Waals surface area contributed by atoms with Crippen LogP contribution in [-0.2, 0) is 17.6 Å². The number of ether oxygens (including phenoxy) is 2. The van der Waals surface area contributed by atoms with Crippen molar-refractivity contribution in [3.63, 3.8) is 0 Å². The molecule has 1 unspecified atom stereocenters. The van der Waals surface area contributed by atoms with Crippen LogP contribution >= 0.6 is 0 Å². The molecule has 2 heterocycles. The SMILES string of the molecule is COc1ccccc1C(CNC(=O)c1n[nH]c2c1CCCC2)N1CCOCC1. The normalized spacial score (nSPS) is 18.3. The molecule has 2 aliphatic rings. The van der Waals surface area contributed by atoms with Gasteiger partial charge in [0.15, 0.2) is 5.69 Å². The van der Waals surface area contributed by atoms with Gasteiger partial charge in [0, 0.05) is 36.5 Å². The van der Waals surface area contributed by atoms with Gasteiger partial charge in [-0.1, -0.05) is 18.2 Å². The lowest BCUT2D eigenvalue weighted by Gasteiger charge is -2.35. The number of hydrogen-bond donors (Lipinski definition) is 2. The lowest BCUT2D eigenvalue weighted by atomic mass is 9.95. The fourth-order valence-corrected chi connectivity index (χ4v) is 4.21. The second-order valence-corrected chi connectivity index (χ2v) is 7.35. The molecule has 2 aromatic rings. The fraction of sp³-hybridized carbons (Fsp3) is 0.524. The minimum atomic E-state index is -0.104. The molecule has 1 fully saturated rings. The van der Waals surface area contributed by atoms with Crippen molar-refractivity contribution in [3.05, 3.63) is 46.8 Å². The quantitative estimate of drug-likeness (QED) is 0.797. The van der Waals surface area contributed by atoms with Crippen LogP contribution in [0.25, 0.3) is 0 Å². The van der Waals surface area contributed by atoms with Crippen LogP contribution in [0.1, 0.15) is 46.2 Å². The first-order valence-corrected chi connectivity index (χ1v) is 10.1. The van der Waals surface area contributed by atoms with E-state index in [4.69, 9.17) is 9.47 Å². The lowest BCUT2D eigenvalue weighted by molar-refractivity contribution is 0.0157. The first-order chi connectivity index (χ1) is 13.8. The van der Waals surface area contributed by atoms with Crippen molar-refractivity contribution in [1.82, 2.24) is 20.4 Å². The standard InChI is InChI=1S/C21H28N4O3/c1-27-19-9-5-3-7-16(19)18(25-10-12-28-13-11-25)14-22-21(26)20-15-6-2-4-8-17(15)23-24-20/h3,5,7,9,18H,2,4,6,8,10-14H2,1H3,(H,22,26)(H,23,24). The largest absolute Gasteiger partial charge is 0.496 e. The molecule has 150 valence electrons. The van der Waals surface area contributed by atoms with E-state index in [1.807, 2.05) is 18.2 Å². The number of aromatic amines is 1. The van der Waals surface area contributed by atoms with E-state index in [1.54, 1.807) is 7.11 Å². The monoisotopic (exact) mass is 384 g/mol. The summed E-state index contributed by atoms with van der Waals surface area (Å²) in [5, 5.41) is 10.5. The van der Waals surface area contributed by atoms with E-state index >= 15 is 0 Å². The highest BCUT2D eigenvalue weighted by molar-refractivity contribution is 5.94. The Bertz CT molecular complexity index is 814. The van der Waals surface area contributed by atoms with E-state index in [0.29, 0.717) is 25.5 Å². The fourth-order valence-electron chi connectivity index (χ4n) is 4.21. The molecule has 1 amide bonds. The van der Waals surface area contributed by atoms with Crippen LogP contribution in [0.15, 0.2) is 24.3 Å². The molecule has 1 saturated heterocycles. The number of amides is 1. The van der Waals surface area contributed by atoms with Crippen LogP contribution in [0.5, 0.6) is 5.75 Å². The summed E-state index contributed by atoms with van der Waals surface area (Å²) in [6.07, 6.45) is 4.18. The van der Waals surface area contributed by atoms with Crippen LogP contribution in [0.2, 0.25) is 0 Å². The molecular formula is C21H28N4O3. The zero-order valence-electron chi connectivity index (χ0n) is 16.4. The van der Waals surface area contributed by atoms with Crippen LogP contribution in [-0.4, -0.2) is 61.0 Å². The van der Waals surface area contributed by atoms with E-state index < -0.39 is 0 Å². The van der Waals surface area contributed by atoms with Gasteiger partial charge in [-0.05, 0) is 31.7 Å². The number of carbonyl (C=O) groups excluding carboxylic acids is 1. The average Bonchev–Trinajstić information content (AvgIpc) is 3.19. The van der Waals surface area contributed by atoms with E-state index in [9.17, 15) is 4.79 Å². The molecule has 1 atom stereocenters. The number of benzene rings is 1. The Labute approximate surface area is 165 Å². The number of morpholine rings is 1. The maximum absolute atomic E-state index is 12.9. The zero-order chi connectivity index (χ0) is 19.3. The van der Waals surface area contributed by atoms with Gasteiger partial charge in [-0.15, -0.1) is 0 Å². The molecule has 0 spiro atoms. The Morgan fingerprint density at radius 2 is 2.07 bits per heavy atom. The number of rotatable bonds is 6. The number of H-pyrrole nitrogens is 1. The zero-order valence-corrected chi connectivity index (χ0v) is 16.4. The Morgan fingerprint density at radius 1 is 1.29 bits per heavy atom. The second kappa shape index (κ2) is 8.75. The van der Waals surface area contributed by atoms with Gasteiger partial charge < -0.3 is 14.8 Å². The summed E-state index contributed by atoms with van der Waals surface area (Å²) >= 11 is 0. The number of hydrogen-bond acceptors (Lipinski definition) is 5. The maximum atomic E-state index is 12.9. The summed E-state index contributed by atoms with van der Waals surface area (Å²) in [6.45, 7) is 3.56. The van der Waals surface area contributed by atoms with Gasteiger partial charge in [0.05, 0.1) is 26.4 Å². The van der Waals surface area contributed by atoms with Gasteiger partial charge in [-0.3, -0.25) is 14.8 Å². The van der Waals surface area contributed by atoms with Crippen molar-refractivity contribution in [1.29, 1.82) is 0 Å². The molecule has 1 aromatic carbocycles. The summed E-state index contributed by atoms with van der Waals surface area (Å²) in [5.74, 6) is 0.734.